The van der Waals surface area contributed by atoms with Crippen LogP contribution in [0.5, 0.6) is 0 Å². The Morgan fingerprint density at radius 3 is 2.54 bits per heavy atom. The number of benzene rings is 2. The average molecular weight is 333 g/mol. The summed E-state index contributed by atoms with van der Waals surface area (Å²) in [7, 11) is 0. The smallest absolute Gasteiger partial charge is 0.310 e. The van der Waals surface area contributed by atoms with E-state index in [2.05, 4.69) is 5.32 Å². The number of hydrogen-bond donors (Lipinski definition) is 1. The minimum absolute atomic E-state index is 0.0759. The second kappa shape index (κ2) is 8.19. The molecular weight excluding hydrogens is 316 g/mol. The first-order chi connectivity index (χ1) is 11.5. The van der Waals surface area contributed by atoms with E-state index in [4.69, 9.17) is 4.74 Å². The minimum atomic E-state index is -0.744. The van der Waals surface area contributed by atoms with Gasteiger partial charge in [0.25, 0.3) is 5.91 Å². The molecule has 2 aromatic rings. The van der Waals surface area contributed by atoms with Gasteiger partial charge in [0.1, 0.15) is 11.6 Å². The molecule has 2 aromatic carbocycles. The molecule has 0 unspecified atom stereocenters. The quantitative estimate of drug-likeness (QED) is 0.827. The van der Waals surface area contributed by atoms with Crippen LogP contribution in [0.3, 0.4) is 0 Å². The number of ether oxygens (including phenoxy) is 1. The molecule has 24 heavy (non-hydrogen) atoms. The van der Waals surface area contributed by atoms with Crippen LogP contribution in [-0.2, 0) is 27.3 Å². The van der Waals surface area contributed by atoms with Gasteiger partial charge in [-0.15, -0.1) is 0 Å². The maximum absolute atomic E-state index is 13.4. The van der Waals surface area contributed by atoms with Gasteiger partial charge in [-0.2, -0.15) is 0 Å². The van der Waals surface area contributed by atoms with Crippen LogP contribution in [0.1, 0.15) is 16.7 Å². The van der Waals surface area contributed by atoms with Crippen LogP contribution < -0.4 is 5.32 Å². The van der Waals surface area contributed by atoms with Crippen molar-refractivity contribution in [1.29, 1.82) is 0 Å². The second-order valence-corrected chi connectivity index (χ2v) is 5.28. The molecule has 0 bridgehead atoms. The number of carbonyl (C=O) groups excluding carboxylic acids is 2. The third-order valence-corrected chi connectivity index (χ3v) is 3.45. The molecule has 0 spiro atoms. The topological polar surface area (TPSA) is 55.4 Å². The van der Waals surface area contributed by atoms with Gasteiger partial charge in [-0.3, -0.25) is 9.59 Å². The number of halogens is 2. The van der Waals surface area contributed by atoms with Gasteiger partial charge in [0.05, 0.1) is 6.42 Å². The molecule has 0 atom stereocenters. The summed E-state index contributed by atoms with van der Waals surface area (Å²) in [5, 5.41) is 2.41. The highest BCUT2D eigenvalue weighted by Gasteiger charge is 2.11. The summed E-state index contributed by atoms with van der Waals surface area (Å²) in [4.78, 5) is 23.4. The lowest BCUT2D eigenvalue weighted by molar-refractivity contribution is -0.147. The van der Waals surface area contributed by atoms with Crippen LogP contribution in [-0.4, -0.2) is 18.5 Å². The van der Waals surface area contributed by atoms with E-state index in [1.54, 1.807) is 0 Å². The summed E-state index contributed by atoms with van der Waals surface area (Å²) in [6.07, 6.45) is 0.0759. The normalized spacial score (nSPS) is 10.3. The highest BCUT2D eigenvalue weighted by Crippen LogP contribution is 2.09. The summed E-state index contributed by atoms with van der Waals surface area (Å²) in [5.74, 6) is -2.51. The Hall–Kier alpha value is -2.76. The van der Waals surface area contributed by atoms with Gasteiger partial charge in [0.15, 0.2) is 6.61 Å². The fraction of sp³-hybridized carbons (Fsp3) is 0.222. The monoisotopic (exact) mass is 333 g/mol. The van der Waals surface area contributed by atoms with Crippen molar-refractivity contribution in [2.45, 2.75) is 19.9 Å². The predicted octanol–water partition coefficient (Wildman–Crippen LogP) is 2.68. The Morgan fingerprint density at radius 1 is 1.08 bits per heavy atom. The maximum atomic E-state index is 13.4. The van der Waals surface area contributed by atoms with Crippen LogP contribution in [0.2, 0.25) is 0 Å². The standard InChI is InChI=1S/C18H17F2NO3/c1-12-4-2-3-5-13(12)8-18(23)24-11-17(22)21-10-14-6-7-15(19)9-16(14)20/h2-7,9H,8,10-11H2,1H3,(H,21,22). The number of hydrogen-bond acceptors (Lipinski definition) is 3. The lowest BCUT2D eigenvalue weighted by Gasteiger charge is -2.08. The fourth-order valence-corrected chi connectivity index (χ4v) is 2.07. The third kappa shape index (κ3) is 5.15. The SMILES string of the molecule is Cc1ccccc1CC(=O)OCC(=O)NCc1ccc(F)cc1F. The van der Waals surface area contributed by atoms with E-state index < -0.39 is 30.1 Å². The first-order valence-corrected chi connectivity index (χ1v) is 7.36. The van der Waals surface area contributed by atoms with Crippen molar-refractivity contribution in [3.8, 4) is 0 Å². The maximum Gasteiger partial charge on any atom is 0.310 e. The zero-order chi connectivity index (χ0) is 17.5. The van der Waals surface area contributed by atoms with Gasteiger partial charge >= 0.3 is 5.97 Å². The van der Waals surface area contributed by atoms with Crippen LogP contribution in [0.4, 0.5) is 8.78 Å². The molecule has 1 amide bonds. The Bertz CT molecular complexity index is 747. The largest absolute Gasteiger partial charge is 0.455 e. The molecule has 126 valence electrons. The molecule has 0 fully saturated rings. The van der Waals surface area contributed by atoms with Gasteiger partial charge in [-0.05, 0) is 24.1 Å². The highest BCUT2D eigenvalue weighted by molar-refractivity contribution is 5.81. The number of rotatable bonds is 6. The van der Waals surface area contributed by atoms with E-state index in [1.165, 1.54) is 6.07 Å². The summed E-state index contributed by atoms with van der Waals surface area (Å²) in [6, 6.07) is 10.5. The van der Waals surface area contributed by atoms with Crippen LogP contribution in [0.25, 0.3) is 0 Å². The van der Waals surface area contributed by atoms with E-state index in [0.29, 0.717) is 0 Å². The molecule has 1 N–H and O–H groups in total. The fourth-order valence-electron chi connectivity index (χ4n) is 2.07. The van der Waals surface area contributed by atoms with Crippen LogP contribution in [0, 0.1) is 18.6 Å². The van der Waals surface area contributed by atoms with Crippen molar-refractivity contribution in [1.82, 2.24) is 5.32 Å². The molecular formula is C18H17F2NO3. The minimum Gasteiger partial charge on any atom is -0.455 e. The van der Waals surface area contributed by atoms with E-state index in [9.17, 15) is 18.4 Å². The summed E-state index contributed by atoms with van der Waals surface area (Å²) in [5.41, 5.74) is 1.94. The molecule has 0 radical (unpaired) electrons. The Kier molecular flexibility index (Phi) is 6.01. The summed E-state index contributed by atoms with van der Waals surface area (Å²) >= 11 is 0. The van der Waals surface area contributed by atoms with Crippen molar-refractivity contribution in [2.24, 2.45) is 0 Å². The zero-order valence-corrected chi connectivity index (χ0v) is 13.1. The summed E-state index contributed by atoms with van der Waals surface area (Å²) < 4.78 is 31.1. The van der Waals surface area contributed by atoms with Crippen molar-refractivity contribution >= 4 is 11.9 Å². The van der Waals surface area contributed by atoms with Crippen LogP contribution >= 0.6 is 0 Å². The molecule has 0 aliphatic rings. The highest BCUT2D eigenvalue weighted by atomic mass is 19.1. The summed E-state index contributed by atoms with van der Waals surface area (Å²) in [6.45, 7) is 1.32. The average Bonchev–Trinajstić information content (AvgIpc) is 2.54. The van der Waals surface area contributed by atoms with E-state index >= 15 is 0 Å². The van der Waals surface area contributed by atoms with Gasteiger partial charge in [0, 0.05) is 18.2 Å². The first-order valence-electron chi connectivity index (χ1n) is 7.36. The van der Waals surface area contributed by atoms with Crippen molar-refractivity contribution in [2.75, 3.05) is 6.61 Å². The van der Waals surface area contributed by atoms with Crippen molar-refractivity contribution in [3.63, 3.8) is 0 Å². The molecule has 0 heterocycles. The van der Waals surface area contributed by atoms with E-state index in [0.717, 1.165) is 23.3 Å². The number of esters is 1. The number of carbonyl (C=O) groups is 2. The molecule has 4 nitrogen and oxygen atoms in total. The van der Waals surface area contributed by atoms with E-state index in [1.807, 2.05) is 31.2 Å². The van der Waals surface area contributed by atoms with Crippen molar-refractivity contribution < 1.29 is 23.1 Å². The Labute approximate surface area is 138 Å². The van der Waals surface area contributed by atoms with Gasteiger partial charge < -0.3 is 10.1 Å². The predicted molar refractivity (Wildman–Crippen MR) is 84.0 cm³/mol. The molecule has 0 saturated heterocycles. The molecule has 0 aliphatic carbocycles. The molecule has 0 aromatic heterocycles. The second-order valence-electron chi connectivity index (χ2n) is 5.28. The molecule has 0 saturated carbocycles. The van der Waals surface area contributed by atoms with E-state index in [-0.39, 0.29) is 18.5 Å². The first kappa shape index (κ1) is 17.6. The Morgan fingerprint density at radius 2 is 1.83 bits per heavy atom. The van der Waals surface area contributed by atoms with Gasteiger partial charge in [-0.1, -0.05) is 30.3 Å². The Balaban J connectivity index is 1.76. The number of nitrogens with one attached hydrogen (secondary N) is 1. The lowest BCUT2D eigenvalue weighted by atomic mass is 10.1. The lowest BCUT2D eigenvalue weighted by Crippen LogP contribution is -2.29. The molecule has 0 aliphatic heterocycles. The van der Waals surface area contributed by atoms with Gasteiger partial charge in [-0.25, -0.2) is 8.78 Å². The van der Waals surface area contributed by atoms with Crippen LogP contribution in [0.15, 0.2) is 42.5 Å². The molecule has 6 heteroatoms. The zero-order valence-electron chi connectivity index (χ0n) is 13.1. The third-order valence-electron chi connectivity index (χ3n) is 3.45. The van der Waals surface area contributed by atoms with Gasteiger partial charge in [0.2, 0.25) is 0 Å². The molecule has 2 rings (SSSR count). The number of aryl methyl sites for hydroxylation is 1. The number of amides is 1. The van der Waals surface area contributed by atoms with Crippen molar-refractivity contribution in [3.05, 3.63) is 70.8 Å².